The lowest BCUT2D eigenvalue weighted by Gasteiger charge is -2.47. The number of methoxy groups -OCH3 is 1. The van der Waals surface area contributed by atoms with E-state index in [9.17, 15) is 15.3 Å². The monoisotopic (exact) mass is 717 g/mol. The fourth-order valence-electron chi connectivity index (χ4n) is 8.57. The van der Waals surface area contributed by atoms with Gasteiger partial charge in [-0.3, -0.25) is 4.90 Å². The Kier molecular flexibility index (Phi) is 9.40. The maximum Gasteiger partial charge on any atom is 0.319 e. The van der Waals surface area contributed by atoms with Crippen molar-refractivity contribution in [3.05, 3.63) is 41.5 Å². The molecule has 276 valence electrons. The normalized spacial score (nSPS) is 24.1. The first-order chi connectivity index (χ1) is 24.7. The van der Waals surface area contributed by atoms with Crippen LogP contribution in [0.1, 0.15) is 58.4 Å². The summed E-state index contributed by atoms with van der Waals surface area (Å²) in [6.07, 6.45) is 10.5. The molecule has 3 N–H and O–H groups in total. The molecule has 2 aliphatic heterocycles. The number of anilines is 1. The van der Waals surface area contributed by atoms with Crippen molar-refractivity contribution < 1.29 is 38.3 Å². The molecule has 0 amide bonds. The number of phenols is 1. The first-order valence-electron chi connectivity index (χ1n) is 17.7. The van der Waals surface area contributed by atoms with Crippen LogP contribution >= 0.6 is 0 Å². The van der Waals surface area contributed by atoms with Gasteiger partial charge in [0.15, 0.2) is 5.82 Å². The number of aromatic nitrogens is 3. The number of aromatic hydroxyl groups is 1. The maximum atomic E-state index is 17.2. The quantitative estimate of drug-likeness (QED) is 0.208. The van der Waals surface area contributed by atoms with Crippen LogP contribution in [0.2, 0.25) is 0 Å². The number of aliphatic hydroxyl groups is 2. The third-order valence-corrected chi connectivity index (χ3v) is 10.6. The molecule has 0 bridgehead atoms. The summed E-state index contributed by atoms with van der Waals surface area (Å²) in [5, 5.41) is 33.2. The number of halogens is 2. The molecule has 13 heteroatoms. The molecule has 0 spiro atoms. The Bertz CT molecular complexity index is 2060. The van der Waals surface area contributed by atoms with Gasteiger partial charge in [-0.1, -0.05) is 18.4 Å². The summed E-state index contributed by atoms with van der Waals surface area (Å²) >= 11 is 0. The molecule has 4 aromatic rings. The van der Waals surface area contributed by atoms with E-state index in [0.29, 0.717) is 18.5 Å². The van der Waals surface area contributed by atoms with Gasteiger partial charge < -0.3 is 34.4 Å². The number of ether oxygens (including phenoxy) is 3. The van der Waals surface area contributed by atoms with Gasteiger partial charge in [-0.05, 0) is 76.6 Å². The number of hydrogen-bond acceptors (Lipinski definition) is 11. The molecule has 3 fully saturated rings. The first kappa shape index (κ1) is 36.0. The van der Waals surface area contributed by atoms with Crippen LogP contribution < -0.4 is 14.4 Å². The van der Waals surface area contributed by atoms with Crippen LogP contribution in [-0.4, -0.2) is 106 Å². The van der Waals surface area contributed by atoms with Gasteiger partial charge in [0, 0.05) is 35.5 Å². The van der Waals surface area contributed by atoms with E-state index in [4.69, 9.17) is 25.6 Å². The third-order valence-electron chi connectivity index (χ3n) is 10.6. The molecule has 0 unspecified atom stereocenters. The molecule has 2 saturated heterocycles. The minimum atomic E-state index is -1.26. The number of phenolic OH excluding ortho intramolecular Hbond substituents is 1. The highest BCUT2D eigenvalue weighted by molar-refractivity contribution is 6.04. The summed E-state index contributed by atoms with van der Waals surface area (Å²) in [6, 6.07) is 5.47. The summed E-state index contributed by atoms with van der Waals surface area (Å²) < 4.78 is 50.2. The number of likely N-dealkylation sites (tertiary alicyclic amines) is 1. The number of terminal acetylenes is 1. The molecule has 7 rings (SSSR count). The van der Waals surface area contributed by atoms with Gasteiger partial charge in [0.2, 0.25) is 5.88 Å². The Balaban J connectivity index is 1.40. The van der Waals surface area contributed by atoms with Crippen LogP contribution in [0.5, 0.6) is 17.6 Å². The Morgan fingerprint density at radius 1 is 1.12 bits per heavy atom. The number of hydrogen-bond donors (Lipinski definition) is 3. The molecule has 0 radical (unpaired) electrons. The average Bonchev–Trinajstić information content (AvgIpc) is 3.44. The molecule has 2 aromatic carbocycles. The number of rotatable bonds is 8. The van der Waals surface area contributed by atoms with E-state index in [1.165, 1.54) is 31.4 Å². The lowest BCUT2D eigenvalue weighted by molar-refractivity contribution is -0.0431. The lowest BCUT2D eigenvalue weighted by Crippen LogP contribution is -2.55. The minimum Gasteiger partial charge on any atom is -0.508 e. The van der Waals surface area contributed by atoms with Crippen molar-refractivity contribution in [2.45, 2.75) is 70.1 Å². The summed E-state index contributed by atoms with van der Waals surface area (Å²) in [5.74, 6) is 0.811. The number of β-amino-alcohol motifs (C(OH)–C–C–N with tert-alkyl or cyclic N) is 2. The standard InChI is InChI=1S/C39H45F2N5O6/c1-6-25-27(40)11-10-23-17-24(47)18-26(29(23)25)32-31(41)33-30(35(42-32)50-5)34(46-15-16-51-21-38(4,49)20-46)44-36(43-33)52-22-39-12-7-9-28(39)45(14-8-13-39)19-37(2,3)48/h1,10-11,17-18,28,47-49H,7-9,12-16,19-22H2,2-5H3/t28-,38+,39-/m1/s1. The van der Waals surface area contributed by atoms with E-state index in [1.807, 2.05) is 13.8 Å². The molecule has 52 heavy (non-hydrogen) atoms. The first-order valence-corrected chi connectivity index (χ1v) is 17.7. The highest BCUT2D eigenvalue weighted by Gasteiger charge is 2.49. The highest BCUT2D eigenvalue weighted by atomic mass is 19.1. The zero-order valence-corrected chi connectivity index (χ0v) is 30.0. The Hall–Kier alpha value is -4.35. The number of nitrogens with zero attached hydrogens (tertiary/aromatic N) is 5. The van der Waals surface area contributed by atoms with Crippen LogP contribution in [-0.2, 0) is 4.74 Å². The zero-order chi connectivity index (χ0) is 37.0. The third kappa shape index (κ3) is 6.69. The van der Waals surface area contributed by atoms with Crippen molar-refractivity contribution in [2.24, 2.45) is 5.41 Å². The van der Waals surface area contributed by atoms with Crippen molar-refractivity contribution in [2.75, 3.05) is 58.0 Å². The van der Waals surface area contributed by atoms with Crippen molar-refractivity contribution in [3.63, 3.8) is 0 Å². The van der Waals surface area contributed by atoms with Gasteiger partial charge in [-0.15, -0.1) is 6.42 Å². The molecule has 4 heterocycles. The molecule has 3 aliphatic rings. The molecular weight excluding hydrogens is 672 g/mol. The number of fused-ring (bicyclic) bond motifs is 3. The van der Waals surface area contributed by atoms with E-state index < -0.39 is 22.8 Å². The smallest absolute Gasteiger partial charge is 0.319 e. The summed E-state index contributed by atoms with van der Waals surface area (Å²) in [7, 11) is 1.38. The SMILES string of the molecule is C#Cc1c(F)ccc2cc(O)cc(-c3nc(OC)c4c(N5CCOC[C@@](C)(O)C5)nc(OC[C@]56CCC[C@H]5N(CC(C)(C)O)CCC6)nc4c3F)c12. The Labute approximate surface area is 301 Å². The van der Waals surface area contributed by atoms with E-state index in [0.717, 1.165) is 38.6 Å². The van der Waals surface area contributed by atoms with E-state index in [-0.39, 0.29) is 94.4 Å². The van der Waals surface area contributed by atoms with Crippen LogP contribution in [0.3, 0.4) is 0 Å². The van der Waals surface area contributed by atoms with Gasteiger partial charge in [-0.25, -0.2) is 13.8 Å². The number of piperidine rings is 1. The van der Waals surface area contributed by atoms with E-state index in [1.54, 1.807) is 11.8 Å². The minimum absolute atomic E-state index is 0.0306. The summed E-state index contributed by atoms with van der Waals surface area (Å²) in [6.45, 7) is 7.78. The predicted octanol–water partition coefficient (Wildman–Crippen LogP) is 5.19. The largest absolute Gasteiger partial charge is 0.508 e. The Morgan fingerprint density at radius 2 is 1.90 bits per heavy atom. The van der Waals surface area contributed by atoms with Crippen molar-refractivity contribution in [1.29, 1.82) is 0 Å². The highest BCUT2D eigenvalue weighted by Crippen LogP contribution is 2.49. The van der Waals surface area contributed by atoms with Crippen LogP contribution in [0.25, 0.3) is 32.9 Å². The molecular formula is C39H45F2N5O6. The molecule has 11 nitrogen and oxygen atoms in total. The average molecular weight is 718 g/mol. The summed E-state index contributed by atoms with van der Waals surface area (Å²) in [4.78, 5) is 18.2. The molecule has 2 aromatic heterocycles. The molecule has 1 saturated carbocycles. The van der Waals surface area contributed by atoms with Gasteiger partial charge >= 0.3 is 6.01 Å². The van der Waals surface area contributed by atoms with Crippen molar-refractivity contribution >= 4 is 27.5 Å². The maximum absolute atomic E-state index is 17.2. The molecule has 1 aliphatic carbocycles. The topological polar surface area (TPSA) is 134 Å². The second-order valence-electron chi connectivity index (χ2n) is 15.4. The zero-order valence-electron chi connectivity index (χ0n) is 30.0. The second-order valence-corrected chi connectivity index (χ2v) is 15.4. The fourth-order valence-corrected chi connectivity index (χ4v) is 8.57. The van der Waals surface area contributed by atoms with Gasteiger partial charge in [0.05, 0.1) is 44.6 Å². The van der Waals surface area contributed by atoms with Gasteiger partial charge in [0.1, 0.15) is 39.6 Å². The van der Waals surface area contributed by atoms with Crippen molar-refractivity contribution in [3.8, 4) is 41.2 Å². The molecule has 3 atom stereocenters. The number of benzene rings is 2. The lowest BCUT2D eigenvalue weighted by atomic mass is 9.75. The second kappa shape index (κ2) is 13.6. The van der Waals surface area contributed by atoms with Gasteiger partial charge in [-0.2, -0.15) is 9.97 Å². The van der Waals surface area contributed by atoms with E-state index >= 15 is 8.78 Å². The predicted molar refractivity (Wildman–Crippen MR) is 193 cm³/mol. The summed E-state index contributed by atoms with van der Waals surface area (Å²) in [5.41, 5.74) is -2.81. The van der Waals surface area contributed by atoms with Crippen LogP contribution in [0.4, 0.5) is 14.6 Å². The van der Waals surface area contributed by atoms with Crippen molar-refractivity contribution in [1.82, 2.24) is 19.9 Å². The van der Waals surface area contributed by atoms with Crippen LogP contribution in [0.15, 0.2) is 24.3 Å². The van der Waals surface area contributed by atoms with E-state index in [2.05, 4.69) is 20.8 Å². The van der Waals surface area contributed by atoms with Crippen LogP contribution in [0, 0.1) is 29.4 Å². The number of pyridine rings is 1. The fraction of sp³-hybridized carbons (Fsp3) is 0.513. The van der Waals surface area contributed by atoms with Gasteiger partial charge in [0.25, 0.3) is 0 Å². The Morgan fingerprint density at radius 3 is 2.65 bits per heavy atom.